The summed E-state index contributed by atoms with van der Waals surface area (Å²) >= 11 is 0. The van der Waals surface area contributed by atoms with E-state index in [1.54, 1.807) is 0 Å². The zero-order valence-corrected chi connectivity index (χ0v) is 12.8. The van der Waals surface area contributed by atoms with E-state index in [2.05, 4.69) is 34.1 Å². The van der Waals surface area contributed by atoms with E-state index in [4.69, 9.17) is 10.5 Å². The third kappa shape index (κ3) is 3.76. The van der Waals surface area contributed by atoms with Crippen molar-refractivity contribution in [2.24, 2.45) is 5.73 Å². The number of fused-ring (bicyclic) bond motifs is 1. The van der Waals surface area contributed by atoms with Crippen molar-refractivity contribution in [2.75, 3.05) is 52.4 Å². The minimum absolute atomic E-state index is 0.621. The van der Waals surface area contributed by atoms with E-state index in [-0.39, 0.29) is 0 Å². The lowest BCUT2D eigenvalue weighted by Gasteiger charge is -2.30. The van der Waals surface area contributed by atoms with Gasteiger partial charge in [-0.15, -0.1) is 0 Å². The van der Waals surface area contributed by atoms with Crippen LogP contribution < -0.4 is 10.5 Å². The molecule has 0 radical (unpaired) electrons. The van der Waals surface area contributed by atoms with E-state index in [1.807, 2.05) is 0 Å². The summed E-state index contributed by atoms with van der Waals surface area (Å²) in [7, 11) is 0. The molecule has 1 fully saturated rings. The monoisotopic (exact) mass is 289 g/mol. The van der Waals surface area contributed by atoms with Crippen molar-refractivity contribution in [3.63, 3.8) is 0 Å². The van der Waals surface area contributed by atoms with E-state index >= 15 is 0 Å². The molecule has 4 nitrogen and oxygen atoms in total. The van der Waals surface area contributed by atoms with Gasteiger partial charge in [0.05, 0.1) is 6.61 Å². The smallest absolute Gasteiger partial charge is 0.122 e. The van der Waals surface area contributed by atoms with Gasteiger partial charge in [0.15, 0.2) is 0 Å². The Kier molecular flexibility index (Phi) is 5.12. The summed E-state index contributed by atoms with van der Waals surface area (Å²) in [4.78, 5) is 5.13. The quantitative estimate of drug-likeness (QED) is 0.912. The lowest BCUT2D eigenvalue weighted by molar-refractivity contribution is 0.211. The summed E-state index contributed by atoms with van der Waals surface area (Å²) in [5, 5.41) is 0. The molecule has 0 saturated carbocycles. The zero-order chi connectivity index (χ0) is 14.5. The highest BCUT2D eigenvalue weighted by Gasteiger charge is 2.24. The van der Waals surface area contributed by atoms with Crippen LogP contribution in [-0.4, -0.2) is 62.2 Å². The van der Waals surface area contributed by atoms with Crippen LogP contribution in [0.1, 0.15) is 24.3 Å². The molecule has 0 amide bonds. The molecule has 21 heavy (non-hydrogen) atoms. The maximum atomic E-state index is 5.78. The first-order valence-corrected chi connectivity index (χ1v) is 8.23. The summed E-state index contributed by atoms with van der Waals surface area (Å²) in [6, 6.07) is 8.54. The molecule has 1 atom stereocenters. The van der Waals surface area contributed by atoms with Crippen molar-refractivity contribution < 1.29 is 4.74 Å². The van der Waals surface area contributed by atoms with Gasteiger partial charge in [0.1, 0.15) is 5.75 Å². The normalized spacial score (nSPS) is 24.1. The average Bonchev–Trinajstić information content (AvgIpc) is 2.74. The van der Waals surface area contributed by atoms with Crippen molar-refractivity contribution in [3.05, 3.63) is 29.8 Å². The highest BCUT2D eigenvalue weighted by molar-refractivity contribution is 5.37. The van der Waals surface area contributed by atoms with Gasteiger partial charge in [-0.25, -0.2) is 0 Å². The van der Waals surface area contributed by atoms with Crippen LogP contribution in [0.3, 0.4) is 0 Å². The van der Waals surface area contributed by atoms with Gasteiger partial charge in [0, 0.05) is 38.6 Å². The third-order valence-electron chi connectivity index (χ3n) is 4.69. The maximum absolute atomic E-state index is 5.78. The zero-order valence-electron chi connectivity index (χ0n) is 12.8. The molecule has 0 bridgehead atoms. The first kappa shape index (κ1) is 14.8. The Labute approximate surface area is 127 Å². The SMILES string of the molecule is NCCN1CCCN(CC2CCOc3ccccc32)CC1. The largest absolute Gasteiger partial charge is 0.493 e. The molecule has 0 aromatic heterocycles. The molecule has 1 saturated heterocycles. The van der Waals surface area contributed by atoms with Crippen LogP contribution in [0, 0.1) is 0 Å². The molecule has 3 rings (SSSR count). The number of nitrogens with zero attached hydrogens (tertiary/aromatic N) is 2. The van der Waals surface area contributed by atoms with Gasteiger partial charge in [-0.3, -0.25) is 0 Å². The minimum Gasteiger partial charge on any atom is -0.493 e. The fraction of sp³-hybridized carbons (Fsp3) is 0.647. The molecule has 116 valence electrons. The molecule has 4 heteroatoms. The summed E-state index contributed by atoms with van der Waals surface area (Å²) in [5.74, 6) is 1.71. The van der Waals surface area contributed by atoms with Crippen LogP contribution in [0.4, 0.5) is 0 Å². The molecular formula is C17H27N3O. The Morgan fingerprint density at radius 2 is 1.90 bits per heavy atom. The Balaban J connectivity index is 1.60. The highest BCUT2D eigenvalue weighted by Crippen LogP contribution is 2.33. The lowest BCUT2D eigenvalue weighted by Crippen LogP contribution is -2.36. The van der Waals surface area contributed by atoms with Gasteiger partial charge in [-0.05, 0) is 37.6 Å². The molecule has 1 aromatic rings. The molecule has 1 unspecified atom stereocenters. The lowest BCUT2D eigenvalue weighted by atomic mass is 9.92. The van der Waals surface area contributed by atoms with Crippen molar-refractivity contribution in [2.45, 2.75) is 18.8 Å². The number of para-hydroxylation sites is 1. The number of nitrogens with two attached hydrogens (primary N) is 1. The van der Waals surface area contributed by atoms with Crippen molar-refractivity contribution in [1.82, 2.24) is 9.80 Å². The van der Waals surface area contributed by atoms with E-state index in [1.165, 1.54) is 31.6 Å². The van der Waals surface area contributed by atoms with Crippen LogP contribution in [0.25, 0.3) is 0 Å². The first-order chi connectivity index (χ1) is 10.4. The minimum atomic E-state index is 0.621. The fourth-order valence-electron chi connectivity index (χ4n) is 3.53. The molecule has 2 heterocycles. The van der Waals surface area contributed by atoms with E-state index < -0.39 is 0 Å². The van der Waals surface area contributed by atoms with Gasteiger partial charge in [-0.1, -0.05) is 18.2 Å². The van der Waals surface area contributed by atoms with E-state index in [0.717, 1.165) is 45.0 Å². The fourth-order valence-corrected chi connectivity index (χ4v) is 3.53. The van der Waals surface area contributed by atoms with Crippen molar-refractivity contribution in [3.8, 4) is 5.75 Å². The summed E-state index contributed by atoms with van der Waals surface area (Å²) in [6.45, 7) is 8.55. The Hall–Kier alpha value is -1.10. The Morgan fingerprint density at radius 1 is 1.10 bits per heavy atom. The second-order valence-corrected chi connectivity index (χ2v) is 6.16. The van der Waals surface area contributed by atoms with Gasteiger partial charge >= 0.3 is 0 Å². The predicted octanol–water partition coefficient (Wildman–Crippen LogP) is 1.52. The van der Waals surface area contributed by atoms with Gasteiger partial charge in [-0.2, -0.15) is 0 Å². The number of hydrogen-bond acceptors (Lipinski definition) is 4. The van der Waals surface area contributed by atoms with Crippen LogP contribution in [0.2, 0.25) is 0 Å². The number of benzene rings is 1. The average molecular weight is 289 g/mol. The van der Waals surface area contributed by atoms with E-state index in [9.17, 15) is 0 Å². The van der Waals surface area contributed by atoms with Gasteiger partial charge in [0.25, 0.3) is 0 Å². The maximum Gasteiger partial charge on any atom is 0.122 e. The first-order valence-electron chi connectivity index (χ1n) is 8.23. The summed E-state index contributed by atoms with van der Waals surface area (Å²) in [6.07, 6.45) is 2.39. The Bertz CT molecular complexity index is 451. The molecule has 2 aliphatic rings. The molecule has 1 aromatic carbocycles. The van der Waals surface area contributed by atoms with E-state index in [0.29, 0.717) is 5.92 Å². The number of rotatable bonds is 4. The van der Waals surface area contributed by atoms with Crippen LogP contribution in [0.15, 0.2) is 24.3 Å². The van der Waals surface area contributed by atoms with Crippen LogP contribution >= 0.6 is 0 Å². The highest BCUT2D eigenvalue weighted by atomic mass is 16.5. The second-order valence-electron chi connectivity index (χ2n) is 6.16. The van der Waals surface area contributed by atoms with Crippen molar-refractivity contribution >= 4 is 0 Å². The van der Waals surface area contributed by atoms with Gasteiger partial charge < -0.3 is 20.3 Å². The molecule has 0 aliphatic carbocycles. The summed E-state index contributed by atoms with van der Waals surface area (Å²) < 4.78 is 5.78. The summed E-state index contributed by atoms with van der Waals surface area (Å²) in [5.41, 5.74) is 7.07. The van der Waals surface area contributed by atoms with Gasteiger partial charge in [0.2, 0.25) is 0 Å². The molecular weight excluding hydrogens is 262 g/mol. The van der Waals surface area contributed by atoms with Crippen LogP contribution in [0.5, 0.6) is 5.75 Å². The topological polar surface area (TPSA) is 41.7 Å². The van der Waals surface area contributed by atoms with Crippen LogP contribution in [-0.2, 0) is 0 Å². The predicted molar refractivity (Wildman–Crippen MR) is 85.8 cm³/mol. The molecule has 2 aliphatic heterocycles. The molecule has 0 spiro atoms. The number of ether oxygens (including phenoxy) is 1. The third-order valence-corrected chi connectivity index (χ3v) is 4.69. The Morgan fingerprint density at radius 3 is 2.81 bits per heavy atom. The number of hydrogen-bond donors (Lipinski definition) is 1. The standard InChI is InChI=1S/C17H27N3O/c18-7-10-19-8-3-9-20(12-11-19)14-15-6-13-21-17-5-2-1-4-16(15)17/h1-2,4-5,15H,3,6-14,18H2. The second kappa shape index (κ2) is 7.25. The molecule has 2 N–H and O–H groups in total. The van der Waals surface area contributed by atoms with Crippen molar-refractivity contribution in [1.29, 1.82) is 0 Å².